The summed E-state index contributed by atoms with van der Waals surface area (Å²) in [6.45, 7) is 3.45. The van der Waals surface area contributed by atoms with Gasteiger partial charge in [0.05, 0.1) is 27.8 Å². The van der Waals surface area contributed by atoms with Crippen LogP contribution in [0.3, 0.4) is 0 Å². The zero-order valence-corrected chi connectivity index (χ0v) is 16.4. The molecule has 0 saturated heterocycles. The molecule has 0 aliphatic heterocycles. The molecule has 7 nitrogen and oxygen atoms in total. The van der Waals surface area contributed by atoms with Gasteiger partial charge < -0.3 is 5.32 Å². The Morgan fingerprint density at radius 2 is 1.77 bits per heavy atom. The van der Waals surface area contributed by atoms with Gasteiger partial charge in [-0.05, 0) is 43.7 Å². The van der Waals surface area contributed by atoms with Crippen LogP contribution in [-0.4, -0.2) is 20.8 Å². The molecule has 1 amide bonds. The van der Waals surface area contributed by atoms with Crippen molar-refractivity contribution < 1.29 is 9.72 Å². The molecule has 1 heterocycles. The Labute approximate surface area is 172 Å². The van der Waals surface area contributed by atoms with Crippen molar-refractivity contribution in [3.05, 3.63) is 93.7 Å². The SMILES string of the molecule is Cc1ccc(-c2cnc3ccccc3n2)cc1NC(=O)c1cccc([N+](=O)[O-])c1C. The number of nitro benzene ring substituents is 1. The Hall–Kier alpha value is -4.13. The van der Waals surface area contributed by atoms with Crippen molar-refractivity contribution in [3.63, 3.8) is 0 Å². The van der Waals surface area contributed by atoms with Gasteiger partial charge in [0, 0.05) is 28.4 Å². The predicted octanol–water partition coefficient (Wildman–Crippen LogP) is 5.07. The first-order chi connectivity index (χ1) is 14.4. The van der Waals surface area contributed by atoms with Crippen LogP contribution in [0, 0.1) is 24.0 Å². The lowest BCUT2D eigenvalue weighted by molar-refractivity contribution is -0.385. The fourth-order valence-electron chi connectivity index (χ4n) is 3.27. The molecule has 148 valence electrons. The Kier molecular flexibility index (Phi) is 4.93. The fourth-order valence-corrected chi connectivity index (χ4v) is 3.27. The molecule has 0 aliphatic carbocycles. The predicted molar refractivity (Wildman–Crippen MR) is 115 cm³/mol. The van der Waals surface area contributed by atoms with E-state index in [1.54, 1.807) is 19.2 Å². The Balaban J connectivity index is 1.68. The van der Waals surface area contributed by atoms with E-state index >= 15 is 0 Å². The highest BCUT2D eigenvalue weighted by atomic mass is 16.6. The number of nitrogens with zero attached hydrogens (tertiary/aromatic N) is 3. The molecule has 3 aromatic carbocycles. The van der Waals surface area contributed by atoms with E-state index in [2.05, 4.69) is 15.3 Å². The number of benzene rings is 3. The molecular weight excluding hydrogens is 380 g/mol. The second kappa shape index (κ2) is 7.71. The van der Waals surface area contributed by atoms with Crippen LogP contribution in [0.5, 0.6) is 0 Å². The number of anilines is 1. The van der Waals surface area contributed by atoms with Gasteiger partial charge in [0.2, 0.25) is 0 Å². The molecule has 0 radical (unpaired) electrons. The summed E-state index contributed by atoms with van der Waals surface area (Å²) in [4.78, 5) is 32.6. The number of carbonyl (C=O) groups is 1. The standard InChI is InChI=1S/C23H18N4O3/c1-14-10-11-16(21-13-24-18-7-3-4-8-19(18)25-21)12-20(14)26-23(28)17-6-5-9-22(15(17)2)27(29)30/h3-13H,1-2H3,(H,26,28). The maximum atomic E-state index is 12.8. The van der Waals surface area contributed by atoms with Crippen molar-refractivity contribution in [2.24, 2.45) is 0 Å². The van der Waals surface area contributed by atoms with Gasteiger partial charge in [-0.2, -0.15) is 0 Å². The molecule has 1 N–H and O–H groups in total. The van der Waals surface area contributed by atoms with E-state index in [9.17, 15) is 14.9 Å². The minimum Gasteiger partial charge on any atom is -0.322 e. The van der Waals surface area contributed by atoms with E-state index in [0.29, 0.717) is 16.9 Å². The lowest BCUT2D eigenvalue weighted by atomic mass is 10.0. The molecule has 0 bridgehead atoms. The zero-order valence-electron chi connectivity index (χ0n) is 16.4. The normalized spacial score (nSPS) is 10.7. The van der Waals surface area contributed by atoms with Crippen LogP contribution in [0.25, 0.3) is 22.3 Å². The summed E-state index contributed by atoms with van der Waals surface area (Å²) in [5, 5.41) is 14.0. The molecule has 30 heavy (non-hydrogen) atoms. The summed E-state index contributed by atoms with van der Waals surface area (Å²) < 4.78 is 0. The van der Waals surface area contributed by atoms with Gasteiger partial charge in [0.1, 0.15) is 0 Å². The first-order valence-electron chi connectivity index (χ1n) is 9.32. The van der Waals surface area contributed by atoms with E-state index < -0.39 is 10.8 Å². The summed E-state index contributed by atoms with van der Waals surface area (Å²) >= 11 is 0. The van der Waals surface area contributed by atoms with Crippen molar-refractivity contribution in [2.75, 3.05) is 5.32 Å². The van der Waals surface area contributed by atoms with Crippen molar-refractivity contribution >= 4 is 28.3 Å². The smallest absolute Gasteiger partial charge is 0.273 e. The number of amides is 1. The van der Waals surface area contributed by atoms with Gasteiger partial charge in [-0.15, -0.1) is 0 Å². The van der Waals surface area contributed by atoms with Crippen LogP contribution in [0.2, 0.25) is 0 Å². The number of hydrogen-bond acceptors (Lipinski definition) is 5. The highest BCUT2D eigenvalue weighted by Crippen LogP contribution is 2.27. The summed E-state index contributed by atoms with van der Waals surface area (Å²) in [6, 6.07) is 17.7. The number of carbonyl (C=O) groups excluding carboxylic acids is 1. The number of aromatic nitrogens is 2. The van der Waals surface area contributed by atoms with Crippen LogP contribution < -0.4 is 5.32 Å². The molecule has 7 heteroatoms. The molecule has 0 unspecified atom stereocenters. The van der Waals surface area contributed by atoms with E-state index in [-0.39, 0.29) is 11.3 Å². The minimum atomic E-state index is -0.490. The number of nitrogens with one attached hydrogen (secondary N) is 1. The summed E-state index contributed by atoms with van der Waals surface area (Å²) in [5.74, 6) is -0.402. The second-order valence-electron chi connectivity index (χ2n) is 6.93. The topological polar surface area (TPSA) is 98.0 Å². The van der Waals surface area contributed by atoms with Gasteiger partial charge in [-0.3, -0.25) is 19.9 Å². The lowest BCUT2D eigenvalue weighted by Gasteiger charge is -2.12. The van der Waals surface area contributed by atoms with Gasteiger partial charge in [-0.1, -0.05) is 30.3 Å². The van der Waals surface area contributed by atoms with Crippen LogP contribution in [0.15, 0.2) is 66.9 Å². The van der Waals surface area contributed by atoms with Crippen molar-refractivity contribution in [1.82, 2.24) is 9.97 Å². The number of fused-ring (bicyclic) bond motifs is 1. The summed E-state index contributed by atoms with van der Waals surface area (Å²) in [6.07, 6.45) is 1.70. The van der Waals surface area contributed by atoms with Gasteiger partial charge in [-0.25, -0.2) is 4.98 Å². The first-order valence-corrected chi connectivity index (χ1v) is 9.32. The van der Waals surface area contributed by atoms with E-state index in [4.69, 9.17) is 0 Å². The molecule has 4 aromatic rings. The number of hydrogen-bond donors (Lipinski definition) is 1. The zero-order chi connectivity index (χ0) is 21.3. The third kappa shape index (κ3) is 3.60. The fraction of sp³-hybridized carbons (Fsp3) is 0.0870. The maximum Gasteiger partial charge on any atom is 0.273 e. The van der Waals surface area contributed by atoms with Crippen LogP contribution >= 0.6 is 0 Å². The van der Waals surface area contributed by atoms with Crippen LogP contribution in [-0.2, 0) is 0 Å². The maximum absolute atomic E-state index is 12.8. The highest BCUT2D eigenvalue weighted by molar-refractivity contribution is 6.06. The van der Waals surface area contributed by atoms with E-state index in [0.717, 1.165) is 22.2 Å². The van der Waals surface area contributed by atoms with Gasteiger partial charge in [0.25, 0.3) is 11.6 Å². The average Bonchev–Trinajstić information content (AvgIpc) is 2.74. The second-order valence-corrected chi connectivity index (χ2v) is 6.93. The van der Waals surface area contributed by atoms with E-state index in [1.165, 1.54) is 12.1 Å². The van der Waals surface area contributed by atoms with Gasteiger partial charge >= 0.3 is 0 Å². The molecule has 0 spiro atoms. The summed E-state index contributed by atoms with van der Waals surface area (Å²) in [5.41, 5.74) is 5.08. The molecule has 0 atom stereocenters. The third-order valence-electron chi connectivity index (χ3n) is 4.98. The minimum absolute atomic E-state index is 0.0837. The van der Waals surface area contributed by atoms with Crippen LogP contribution in [0.1, 0.15) is 21.5 Å². The Morgan fingerprint density at radius 3 is 2.53 bits per heavy atom. The molecular formula is C23H18N4O3. The monoisotopic (exact) mass is 398 g/mol. The van der Waals surface area contributed by atoms with Crippen molar-refractivity contribution in [2.45, 2.75) is 13.8 Å². The van der Waals surface area contributed by atoms with Gasteiger partial charge in [0.15, 0.2) is 0 Å². The third-order valence-corrected chi connectivity index (χ3v) is 4.98. The molecule has 0 fully saturated rings. The first kappa shape index (κ1) is 19.2. The molecule has 0 saturated carbocycles. The number of nitro groups is 1. The Bertz CT molecular complexity index is 1300. The Morgan fingerprint density at radius 1 is 1.00 bits per heavy atom. The highest BCUT2D eigenvalue weighted by Gasteiger charge is 2.18. The number of rotatable bonds is 4. The lowest BCUT2D eigenvalue weighted by Crippen LogP contribution is -2.15. The number of para-hydroxylation sites is 2. The van der Waals surface area contributed by atoms with Crippen molar-refractivity contribution in [1.29, 1.82) is 0 Å². The number of aryl methyl sites for hydroxylation is 1. The average molecular weight is 398 g/mol. The van der Waals surface area contributed by atoms with E-state index in [1.807, 2.05) is 49.4 Å². The molecule has 1 aromatic heterocycles. The summed E-state index contributed by atoms with van der Waals surface area (Å²) in [7, 11) is 0. The van der Waals surface area contributed by atoms with Crippen molar-refractivity contribution in [3.8, 4) is 11.3 Å². The molecule has 0 aliphatic rings. The largest absolute Gasteiger partial charge is 0.322 e. The molecule has 4 rings (SSSR count). The van der Waals surface area contributed by atoms with Crippen LogP contribution in [0.4, 0.5) is 11.4 Å². The quantitative estimate of drug-likeness (QED) is 0.382.